The first-order valence-electron chi connectivity index (χ1n) is 7.98. The van der Waals surface area contributed by atoms with Crippen molar-refractivity contribution in [1.82, 2.24) is 4.72 Å². The second kappa shape index (κ2) is 7.55. The number of aryl methyl sites for hydroxylation is 1. The van der Waals surface area contributed by atoms with E-state index < -0.39 is 20.0 Å². The van der Waals surface area contributed by atoms with Crippen LogP contribution in [-0.4, -0.2) is 16.8 Å². The van der Waals surface area contributed by atoms with E-state index >= 15 is 0 Å². The first-order chi connectivity index (χ1) is 12.8. The van der Waals surface area contributed by atoms with Crippen molar-refractivity contribution in [2.24, 2.45) is 0 Å². The fraction of sp³-hybridized carbons (Fsp3) is 0.111. The normalized spacial score (nSPS) is 12.0. The molecule has 0 fully saturated rings. The Labute approximate surface area is 158 Å². The summed E-state index contributed by atoms with van der Waals surface area (Å²) in [7, 11) is -7.66. The molecule has 9 heteroatoms. The fourth-order valence-corrected chi connectivity index (χ4v) is 4.58. The van der Waals surface area contributed by atoms with Crippen molar-refractivity contribution >= 4 is 25.7 Å². The van der Waals surface area contributed by atoms with Gasteiger partial charge in [-0.15, -0.1) is 0 Å². The smallest absolute Gasteiger partial charge is 0.261 e. The molecule has 0 aliphatic rings. The molecular formula is C18H18N2O5S2. The third-order valence-electron chi connectivity index (χ3n) is 3.71. The summed E-state index contributed by atoms with van der Waals surface area (Å²) in [5.74, 6) is 0.467. The number of rotatable bonds is 7. The Morgan fingerprint density at radius 2 is 1.56 bits per heavy atom. The van der Waals surface area contributed by atoms with Crippen LogP contribution in [0.4, 0.5) is 5.69 Å². The van der Waals surface area contributed by atoms with E-state index in [4.69, 9.17) is 4.42 Å². The highest BCUT2D eigenvalue weighted by molar-refractivity contribution is 7.92. The zero-order valence-electron chi connectivity index (χ0n) is 14.4. The molecule has 0 aliphatic heterocycles. The highest BCUT2D eigenvalue weighted by Crippen LogP contribution is 2.20. The van der Waals surface area contributed by atoms with Crippen LogP contribution in [0.25, 0.3) is 0 Å². The molecule has 0 saturated carbocycles. The van der Waals surface area contributed by atoms with Gasteiger partial charge in [0.2, 0.25) is 10.0 Å². The summed E-state index contributed by atoms with van der Waals surface area (Å²) >= 11 is 0. The molecule has 2 aromatic carbocycles. The molecule has 27 heavy (non-hydrogen) atoms. The van der Waals surface area contributed by atoms with Gasteiger partial charge in [0.05, 0.1) is 28.3 Å². The van der Waals surface area contributed by atoms with Crippen LogP contribution in [0.2, 0.25) is 0 Å². The van der Waals surface area contributed by atoms with Crippen molar-refractivity contribution in [2.45, 2.75) is 23.3 Å². The van der Waals surface area contributed by atoms with Crippen LogP contribution in [0.5, 0.6) is 0 Å². The Balaban J connectivity index is 1.80. The van der Waals surface area contributed by atoms with Gasteiger partial charge in [-0.1, -0.05) is 18.2 Å². The van der Waals surface area contributed by atoms with Crippen LogP contribution in [0.1, 0.15) is 11.3 Å². The summed E-state index contributed by atoms with van der Waals surface area (Å²) in [6.45, 7) is 1.78. The third-order valence-corrected chi connectivity index (χ3v) is 6.49. The van der Waals surface area contributed by atoms with Crippen LogP contribution < -0.4 is 9.44 Å². The lowest BCUT2D eigenvalue weighted by molar-refractivity contribution is 0.498. The average Bonchev–Trinajstić information content (AvgIpc) is 3.14. The average molecular weight is 406 g/mol. The number of furan rings is 1. The minimum atomic E-state index is -3.83. The summed E-state index contributed by atoms with van der Waals surface area (Å²) in [5, 5.41) is 0. The molecule has 1 heterocycles. The Hall–Kier alpha value is -2.62. The van der Waals surface area contributed by atoms with E-state index in [-0.39, 0.29) is 22.0 Å². The molecule has 0 spiro atoms. The Morgan fingerprint density at radius 3 is 2.22 bits per heavy atom. The predicted octanol–water partition coefficient (Wildman–Crippen LogP) is 2.87. The summed E-state index contributed by atoms with van der Waals surface area (Å²) in [6.07, 6.45) is 1.45. The van der Waals surface area contributed by atoms with Crippen LogP contribution in [0, 0.1) is 6.92 Å². The summed E-state index contributed by atoms with van der Waals surface area (Å²) in [4.78, 5) is 0.0465. The van der Waals surface area contributed by atoms with Gasteiger partial charge in [0.1, 0.15) is 5.76 Å². The molecule has 0 atom stereocenters. The number of hydrogen-bond donors (Lipinski definition) is 2. The molecule has 0 unspecified atom stereocenters. The number of sulfonamides is 2. The summed E-state index contributed by atoms with van der Waals surface area (Å²) < 4.78 is 59.8. The largest absolute Gasteiger partial charge is 0.468 e. The van der Waals surface area contributed by atoms with Crippen molar-refractivity contribution in [3.05, 3.63) is 78.3 Å². The molecule has 2 N–H and O–H groups in total. The van der Waals surface area contributed by atoms with E-state index in [2.05, 4.69) is 9.44 Å². The fourth-order valence-electron chi connectivity index (χ4n) is 2.39. The minimum Gasteiger partial charge on any atom is -0.468 e. The van der Waals surface area contributed by atoms with E-state index in [9.17, 15) is 16.8 Å². The number of nitrogens with one attached hydrogen (secondary N) is 2. The van der Waals surface area contributed by atoms with Gasteiger partial charge >= 0.3 is 0 Å². The maximum Gasteiger partial charge on any atom is 0.261 e. The van der Waals surface area contributed by atoms with E-state index in [0.29, 0.717) is 5.76 Å². The van der Waals surface area contributed by atoms with Crippen molar-refractivity contribution in [1.29, 1.82) is 0 Å². The molecule has 0 amide bonds. The maximum atomic E-state index is 12.5. The topological polar surface area (TPSA) is 105 Å². The molecular weight excluding hydrogens is 388 g/mol. The number of anilines is 1. The summed E-state index contributed by atoms with van der Waals surface area (Å²) in [5.41, 5.74) is 0.953. The lowest BCUT2D eigenvalue weighted by Gasteiger charge is -2.11. The SMILES string of the molecule is Cc1cccc(S(=O)(=O)Nc2cccc(S(=O)(=O)NCc3ccco3)c2)c1. The highest BCUT2D eigenvalue weighted by atomic mass is 32.2. The molecule has 0 radical (unpaired) electrons. The van der Waals surface area contributed by atoms with Crippen LogP contribution in [0.15, 0.2) is 81.1 Å². The van der Waals surface area contributed by atoms with Gasteiger partial charge in [-0.05, 0) is 55.0 Å². The van der Waals surface area contributed by atoms with Crippen LogP contribution in [0.3, 0.4) is 0 Å². The zero-order valence-corrected chi connectivity index (χ0v) is 16.0. The summed E-state index contributed by atoms with van der Waals surface area (Å²) in [6, 6.07) is 15.3. The number of benzene rings is 2. The van der Waals surface area contributed by atoms with Gasteiger partial charge in [-0.3, -0.25) is 4.72 Å². The molecule has 3 rings (SSSR count). The van der Waals surface area contributed by atoms with Crippen molar-refractivity contribution in [2.75, 3.05) is 4.72 Å². The lowest BCUT2D eigenvalue weighted by Crippen LogP contribution is -2.23. The first-order valence-corrected chi connectivity index (χ1v) is 10.9. The van der Waals surface area contributed by atoms with Gasteiger partial charge in [0.25, 0.3) is 10.0 Å². The zero-order chi connectivity index (χ0) is 19.5. The standard InChI is InChI=1S/C18H18N2O5S2/c1-14-5-2-8-17(11-14)27(23,24)20-15-6-3-9-18(12-15)26(21,22)19-13-16-7-4-10-25-16/h2-12,19-20H,13H2,1H3. The molecule has 1 aromatic heterocycles. The number of hydrogen-bond acceptors (Lipinski definition) is 5. The van der Waals surface area contributed by atoms with E-state index in [1.165, 1.54) is 42.7 Å². The third kappa shape index (κ3) is 4.76. The van der Waals surface area contributed by atoms with Crippen molar-refractivity contribution in [3.8, 4) is 0 Å². The quantitative estimate of drug-likeness (QED) is 0.628. The van der Waals surface area contributed by atoms with Gasteiger partial charge in [-0.2, -0.15) is 0 Å². The molecule has 7 nitrogen and oxygen atoms in total. The van der Waals surface area contributed by atoms with Crippen LogP contribution >= 0.6 is 0 Å². The Bertz CT molecular complexity index is 1140. The predicted molar refractivity (Wildman–Crippen MR) is 101 cm³/mol. The molecule has 142 valence electrons. The van der Waals surface area contributed by atoms with Crippen molar-refractivity contribution in [3.63, 3.8) is 0 Å². The first kappa shape index (κ1) is 19.2. The van der Waals surface area contributed by atoms with E-state index in [0.717, 1.165) is 5.56 Å². The van der Waals surface area contributed by atoms with Crippen molar-refractivity contribution < 1.29 is 21.3 Å². The van der Waals surface area contributed by atoms with E-state index in [1.54, 1.807) is 31.2 Å². The van der Waals surface area contributed by atoms with E-state index in [1.807, 2.05) is 0 Å². The van der Waals surface area contributed by atoms with Gasteiger partial charge in [0, 0.05) is 0 Å². The van der Waals surface area contributed by atoms with Gasteiger partial charge in [0.15, 0.2) is 0 Å². The minimum absolute atomic E-state index is 0.00538. The van der Waals surface area contributed by atoms with Gasteiger partial charge < -0.3 is 4.42 Å². The molecule has 3 aromatic rings. The highest BCUT2D eigenvalue weighted by Gasteiger charge is 2.18. The lowest BCUT2D eigenvalue weighted by atomic mass is 10.2. The molecule has 0 aliphatic carbocycles. The second-order valence-electron chi connectivity index (χ2n) is 5.85. The maximum absolute atomic E-state index is 12.5. The monoisotopic (exact) mass is 406 g/mol. The molecule has 0 saturated heterocycles. The molecule has 0 bridgehead atoms. The second-order valence-corrected chi connectivity index (χ2v) is 9.30. The Morgan fingerprint density at radius 1 is 0.852 bits per heavy atom. The van der Waals surface area contributed by atoms with Gasteiger partial charge in [-0.25, -0.2) is 21.6 Å². The van der Waals surface area contributed by atoms with Crippen LogP contribution in [-0.2, 0) is 26.6 Å². The Kier molecular flexibility index (Phi) is 5.36.